The molecule has 0 aliphatic carbocycles. The second-order valence-electron chi connectivity index (χ2n) is 6.86. The van der Waals surface area contributed by atoms with Crippen LogP contribution in [0.2, 0.25) is 0 Å². The van der Waals surface area contributed by atoms with Gasteiger partial charge in [-0.15, -0.1) is 0 Å². The minimum Gasteiger partial charge on any atom is -0.461 e. The Morgan fingerprint density at radius 3 is 2.33 bits per heavy atom. The molecule has 1 N–H and O–H groups in total. The van der Waals surface area contributed by atoms with Crippen LogP contribution in [0.4, 0.5) is 4.79 Å². The molecule has 0 spiro atoms. The van der Waals surface area contributed by atoms with Crippen molar-refractivity contribution in [3.63, 3.8) is 0 Å². The lowest BCUT2D eigenvalue weighted by atomic mass is 10.1. The van der Waals surface area contributed by atoms with E-state index in [0.29, 0.717) is 0 Å². The zero-order valence-corrected chi connectivity index (χ0v) is 16.6. The number of rotatable bonds is 9. The maximum Gasteiger partial charge on any atom is 0.408 e. The maximum atomic E-state index is 12.0. The van der Waals surface area contributed by atoms with Crippen molar-refractivity contribution in [3.8, 4) is 0 Å². The quantitative estimate of drug-likeness (QED) is 0.388. The third-order valence-corrected chi connectivity index (χ3v) is 3.39. The molecule has 1 unspecified atom stereocenters. The number of carbonyl (C=O) groups is 3. The maximum absolute atomic E-state index is 12.0. The summed E-state index contributed by atoms with van der Waals surface area (Å²) in [5, 5.41) is 2.51. The molecule has 0 aromatic heterocycles. The summed E-state index contributed by atoms with van der Waals surface area (Å²) in [4.78, 5) is 35.5. The molecule has 0 heterocycles. The first-order chi connectivity index (χ1) is 12.7. The Morgan fingerprint density at radius 1 is 1.07 bits per heavy atom. The summed E-state index contributed by atoms with van der Waals surface area (Å²) in [6, 6.07) is 8.33. The van der Waals surface area contributed by atoms with Gasteiger partial charge in [-0.1, -0.05) is 41.9 Å². The van der Waals surface area contributed by atoms with Gasteiger partial charge in [0.1, 0.15) is 12.2 Å². The molecule has 0 aliphatic heterocycles. The van der Waals surface area contributed by atoms with E-state index in [9.17, 15) is 14.4 Å². The molecule has 1 amide bonds. The van der Waals surface area contributed by atoms with E-state index in [4.69, 9.17) is 21.1 Å². The highest BCUT2D eigenvalue weighted by Gasteiger charge is 2.23. The predicted molar refractivity (Wildman–Crippen MR) is 100 cm³/mol. The molecule has 1 rings (SSSR count). The Kier molecular flexibility index (Phi) is 9.64. The van der Waals surface area contributed by atoms with E-state index in [1.807, 2.05) is 30.3 Å². The van der Waals surface area contributed by atoms with Crippen LogP contribution in [-0.2, 0) is 30.4 Å². The van der Waals surface area contributed by atoms with Crippen LogP contribution >= 0.6 is 11.6 Å². The molecule has 0 saturated heterocycles. The highest BCUT2D eigenvalue weighted by atomic mass is 35.5. The van der Waals surface area contributed by atoms with Crippen LogP contribution in [0.15, 0.2) is 30.3 Å². The van der Waals surface area contributed by atoms with Crippen LogP contribution in [0.5, 0.6) is 0 Å². The Labute approximate surface area is 164 Å². The molecule has 150 valence electrons. The normalized spacial score (nSPS) is 12.0. The fourth-order valence-corrected chi connectivity index (χ4v) is 2.27. The van der Waals surface area contributed by atoms with Gasteiger partial charge in [0.15, 0.2) is 6.07 Å². The van der Waals surface area contributed by atoms with Gasteiger partial charge in [-0.2, -0.15) is 0 Å². The monoisotopic (exact) mass is 399 g/mol. The molecule has 1 atom stereocenters. The molecule has 8 heteroatoms. The number of hydrogen-bond acceptors (Lipinski definition) is 6. The third kappa shape index (κ3) is 11.1. The number of ether oxygens (including phenoxy) is 3. The average Bonchev–Trinajstić information content (AvgIpc) is 2.57. The van der Waals surface area contributed by atoms with Crippen molar-refractivity contribution in [1.82, 2.24) is 5.32 Å². The number of carbonyl (C=O) groups excluding carboxylic acids is 3. The van der Waals surface area contributed by atoms with E-state index < -0.39 is 29.7 Å². The van der Waals surface area contributed by atoms with Crippen LogP contribution in [0.3, 0.4) is 0 Å². The van der Waals surface area contributed by atoms with Gasteiger partial charge in [0.25, 0.3) is 0 Å². The lowest BCUT2D eigenvalue weighted by molar-refractivity contribution is -0.156. The Hall–Kier alpha value is -2.28. The van der Waals surface area contributed by atoms with Gasteiger partial charge in [0, 0.05) is 12.5 Å². The van der Waals surface area contributed by atoms with Crippen LogP contribution < -0.4 is 5.32 Å². The summed E-state index contributed by atoms with van der Waals surface area (Å²) in [5.74, 6) is -0.920. The van der Waals surface area contributed by atoms with E-state index in [-0.39, 0.29) is 31.9 Å². The fourth-order valence-electron chi connectivity index (χ4n) is 2.17. The topological polar surface area (TPSA) is 90.9 Å². The van der Waals surface area contributed by atoms with E-state index in [2.05, 4.69) is 10.1 Å². The zero-order chi connectivity index (χ0) is 20.3. The SMILES string of the molecule is CC(C)(C)OC(=O)CC(CCC(=O)OCc1ccccc1)NC(=O)OCCl. The first-order valence-corrected chi connectivity index (χ1v) is 9.13. The van der Waals surface area contributed by atoms with Crippen molar-refractivity contribution in [2.75, 3.05) is 6.07 Å². The van der Waals surface area contributed by atoms with Crippen LogP contribution in [0, 0.1) is 0 Å². The number of alkyl halides is 1. The number of halogens is 1. The highest BCUT2D eigenvalue weighted by molar-refractivity contribution is 6.17. The molecule has 27 heavy (non-hydrogen) atoms. The second-order valence-corrected chi connectivity index (χ2v) is 7.08. The van der Waals surface area contributed by atoms with E-state index in [0.717, 1.165) is 5.56 Å². The molecule has 7 nitrogen and oxygen atoms in total. The number of hydrogen-bond donors (Lipinski definition) is 1. The van der Waals surface area contributed by atoms with Gasteiger partial charge in [-0.3, -0.25) is 9.59 Å². The van der Waals surface area contributed by atoms with Gasteiger partial charge in [0.05, 0.1) is 6.42 Å². The standard InChI is InChI=1S/C19H26ClNO6/c1-19(2,3)27-17(23)11-15(21-18(24)26-13-20)9-10-16(22)25-12-14-7-5-4-6-8-14/h4-8,15H,9-13H2,1-3H3,(H,21,24). The molecule has 1 aromatic carbocycles. The lowest BCUT2D eigenvalue weighted by Gasteiger charge is -2.22. The van der Waals surface area contributed by atoms with Gasteiger partial charge in [-0.25, -0.2) is 4.79 Å². The van der Waals surface area contributed by atoms with Crippen molar-refractivity contribution < 1.29 is 28.6 Å². The first kappa shape index (κ1) is 22.8. The van der Waals surface area contributed by atoms with Crippen molar-refractivity contribution in [3.05, 3.63) is 35.9 Å². The number of amides is 1. The molecular formula is C19H26ClNO6. The lowest BCUT2D eigenvalue weighted by Crippen LogP contribution is -2.38. The van der Waals surface area contributed by atoms with Crippen molar-refractivity contribution in [2.45, 2.75) is 58.3 Å². The van der Waals surface area contributed by atoms with Crippen molar-refractivity contribution >= 4 is 29.6 Å². The molecule has 0 radical (unpaired) electrons. The largest absolute Gasteiger partial charge is 0.461 e. The minimum atomic E-state index is -0.767. The molecule has 0 aliphatic rings. The Morgan fingerprint density at radius 2 is 1.74 bits per heavy atom. The molecular weight excluding hydrogens is 374 g/mol. The summed E-state index contributed by atoms with van der Waals surface area (Å²) in [6.07, 6.45) is -0.636. The number of esters is 2. The average molecular weight is 400 g/mol. The third-order valence-electron chi connectivity index (χ3n) is 3.28. The number of benzene rings is 1. The van der Waals surface area contributed by atoms with E-state index in [1.165, 1.54) is 0 Å². The molecule has 0 bridgehead atoms. The van der Waals surface area contributed by atoms with Gasteiger partial charge >= 0.3 is 18.0 Å². The summed E-state index contributed by atoms with van der Waals surface area (Å²) in [6.45, 7) is 5.40. The summed E-state index contributed by atoms with van der Waals surface area (Å²) in [7, 11) is 0. The molecule has 1 aromatic rings. The Bertz CT molecular complexity index is 614. The first-order valence-electron chi connectivity index (χ1n) is 8.60. The van der Waals surface area contributed by atoms with Crippen molar-refractivity contribution in [1.29, 1.82) is 0 Å². The van der Waals surface area contributed by atoms with Gasteiger partial charge < -0.3 is 19.5 Å². The van der Waals surface area contributed by atoms with Crippen LogP contribution in [0.1, 0.15) is 45.6 Å². The summed E-state index contributed by atoms with van der Waals surface area (Å²) < 4.78 is 15.1. The summed E-state index contributed by atoms with van der Waals surface area (Å²) in [5.41, 5.74) is 0.229. The van der Waals surface area contributed by atoms with E-state index >= 15 is 0 Å². The van der Waals surface area contributed by atoms with Crippen LogP contribution in [0.25, 0.3) is 0 Å². The fraction of sp³-hybridized carbons (Fsp3) is 0.526. The Balaban J connectivity index is 2.52. The predicted octanol–water partition coefficient (Wildman–Crippen LogP) is 3.53. The zero-order valence-electron chi connectivity index (χ0n) is 15.8. The minimum absolute atomic E-state index is 0.0292. The van der Waals surface area contributed by atoms with Gasteiger partial charge in [-0.05, 0) is 32.8 Å². The second kappa shape index (κ2) is 11.4. The number of nitrogens with one attached hydrogen (secondary N) is 1. The smallest absolute Gasteiger partial charge is 0.408 e. The highest BCUT2D eigenvalue weighted by Crippen LogP contribution is 2.12. The molecule has 0 saturated carbocycles. The van der Waals surface area contributed by atoms with Crippen molar-refractivity contribution in [2.24, 2.45) is 0 Å². The van der Waals surface area contributed by atoms with Crippen LogP contribution in [-0.4, -0.2) is 35.7 Å². The molecule has 0 fully saturated rings. The van der Waals surface area contributed by atoms with E-state index in [1.54, 1.807) is 20.8 Å². The summed E-state index contributed by atoms with van der Waals surface area (Å²) >= 11 is 5.35. The van der Waals surface area contributed by atoms with Gasteiger partial charge in [0.2, 0.25) is 0 Å². The number of alkyl carbamates (subject to hydrolysis) is 1.